The highest BCUT2D eigenvalue weighted by Crippen LogP contribution is 2.12. The van der Waals surface area contributed by atoms with Crippen molar-refractivity contribution < 1.29 is 0 Å². The van der Waals surface area contributed by atoms with Crippen LogP contribution in [0.25, 0.3) is 11.5 Å². The SMILES string of the molecule is CCCc1cc(=S)nc(-c2ccn(C)n2)[nH]1. The average Bonchev–Trinajstić information content (AvgIpc) is 2.64. The molecule has 0 radical (unpaired) electrons. The molecule has 0 aliphatic rings. The van der Waals surface area contributed by atoms with Gasteiger partial charge in [0.05, 0.1) is 0 Å². The van der Waals surface area contributed by atoms with Gasteiger partial charge in [0.2, 0.25) is 0 Å². The number of H-pyrrole nitrogens is 1. The lowest BCUT2D eigenvalue weighted by atomic mass is 10.2. The van der Waals surface area contributed by atoms with E-state index in [1.54, 1.807) is 4.68 Å². The normalized spacial score (nSPS) is 10.6. The van der Waals surface area contributed by atoms with Crippen molar-refractivity contribution in [3.05, 3.63) is 28.7 Å². The van der Waals surface area contributed by atoms with E-state index in [0.29, 0.717) is 4.64 Å². The lowest BCUT2D eigenvalue weighted by Crippen LogP contribution is -1.97. The molecule has 0 atom stereocenters. The minimum atomic E-state index is 0.614. The summed E-state index contributed by atoms with van der Waals surface area (Å²) in [6.07, 6.45) is 3.95. The van der Waals surface area contributed by atoms with Crippen LogP contribution in [0, 0.1) is 4.64 Å². The molecule has 2 aromatic heterocycles. The maximum absolute atomic E-state index is 5.14. The maximum atomic E-state index is 5.14. The number of hydrogen-bond acceptors (Lipinski definition) is 3. The standard InChI is InChI=1S/C11H14N4S/c1-3-4-8-7-10(16)13-11(12-8)9-5-6-15(2)14-9/h5-7H,3-4H2,1-2H3,(H,12,13,16). The molecule has 5 heteroatoms. The third-order valence-electron chi connectivity index (χ3n) is 2.27. The maximum Gasteiger partial charge on any atom is 0.159 e. The fourth-order valence-corrected chi connectivity index (χ4v) is 1.81. The molecular weight excluding hydrogens is 220 g/mol. The Morgan fingerprint density at radius 1 is 1.50 bits per heavy atom. The fraction of sp³-hybridized carbons (Fsp3) is 0.364. The minimum Gasteiger partial charge on any atom is -0.342 e. The third kappa shape index (κ3) is 2.36. The summed E-state index contributed by atoms with van der Waals surface area (Å²) in [6.45, 7) is 2.14. The van der Waals surface area contributed by atoms with Gasteiger partial charge in [-0.2, -0.15) is 5.10 Å². The van der Waals surface area contributed by atoms with Gasteiger partial charge in [-0.3, -0.25) is 4.68 Å². The van der Waals surface area contributed by atoms with Crippen LogP contribution in [0.5, 0.6) is 0 Å². The molecule has 2 heterocycles. The lowest BCUT2D eigenvalue weighted by Gasteiger charge is -2.02. The zero-order valence-electron chi connectivity index (χ0n) is 9.40. The second-order valence-corrected chi connectivity index (χ2v) is 4.14. The van der Waals surface area contributed by atoms with Gasteiger partial charge < -0.3 is 4.98 Å². The van der Waals surface area contributed by atoms with Crippen molar-refractivity contribution in [2.75, 3.05) is 0 Å². The Morgan fingerprint density at radius 2 is 2.31 bits per heavy atom. The van der Waals surface area contributed by atoms with Crippen LogP contribution in [0.3, 0.4) is 0 Å². The molecule has 0 saturated heterocycles. The van der Waals surface area contributed by atoms with Gasteiger partial charge in [0.1, 0.15) is 10.3 Å². The van der Waals surface area contributed by atoms with Gasteiger partial charge in [0.15, 0.2) is 5.82 Å². The first-order chi connectivity index (χ1) is 7.69. The van der Waals surface area contributed by atoms with E-state index >= 15 is 0 Å². The minimum absolute atomic E-state index is 0.614. The fourth-order valence-electron chi connectivity index (χ4n) is 1.57. The zero-order chi connectivity index (χ0) is 11.5. The molecule has 1 N–H and O–H groups in total. The highest BCUT2D eigenvalue weighted by Gasteiger charge is 2.04. The number of nitrogens with zero attached hydrogens (tertiary/aromatic N) is 3. The van der Waals surface area contributed by atoms with Crippen LogP contribution in [0.1, 0.15) is 19.0 Å². The summed E-state index contributed by atoms with van der Waals surface area (Å²) in [5.74, 6) is 0.747. The highest BCUT2D eigenvalue weighted by atomic mass is 32.1. The molecule has 84 valence electrons. The molecule has 0 aromatic carbocycles. The van der Waals surface area contributed by atoms with Gasteiger partial charge >= 0.3 is 0 Å². The zero-order valence-corrected chi connectivity index (χ0v) is 10.2. The Hall–Kier alpha value is -1.49. The molecule has 0 unspecified atom stereocenters. The summed E-state index contributed by atoms with van der Waals surface area (Å²) in [4.78, 5) is 7.55. The Labute approximate surface area is 99.4 Å². The van der Waals surface area contributed by atoms with Crippen molar-refractivity contribution in [3.63, 3.8) is 0 Å². The summed E-state index contributed by atoms with van der Waals surface area (Å²) < 4.78 is 2.36. The monoisotopic (exact) mass is 234 g/mol. The Kier molecular flexibility index (Phi) is 3.14. The topological polar surface area (TPSA) is 46.5 Å². The summed E-state index contributed by atoms with van der Waals surface area (Å²) in [6, 6.07) is 3.83. The number of aromatic amines is 1. The van der Waals surface area contributed by atoms with E-state index < -0.39 is 0 Å². The predicted molar refractivity (Wildman–Crippen MR) is 65.6 cm³/mol. The molecule has 0 bridgehead atoms. The van der Waals surface area contributed by atoms with Crippen molar-refractivity contribution in [1.29, 1.82) is 0 Å². The molecule has 0 aliphatic carbocycles. The van der Waals surface area contributed by atoms with Gasteiger partial charge in [-0.05, 0) is 18.6 Å². The van der Waals surface area contributed by atoms with E-state index in [1.165, 1.54) is 0 Å². The Morgan fingerprint density at radius 3 is 2.94 bits per heavy atom. The van der Waals surface area contributed by atoms with Crippen LogP contribution in [0.2, 0.25) is 0 Å². The number of rotatable bonds is 3. The molecule has 0 saturated carbocycles. The van der Waals surface area contributed by atoms with Crippen molar-refractivity contribution in [1.82, 2.24) is 19.7 Å². The summed E-state index contributed by atoms with van der Waals surface area (Å²) in [7, 11) is 1.88. The summed E-state index contributed by atoms with van der Waals surface area (Å²) in [5, 5.41) is 4.30. The first-order valence-electron chi connectivity index (χ1n) is 5.29. The third-order valence-corrected chi connectivity index (χ3v) is 2.48. The Balaban J connectivity index is 2.44. The van der Waals surface area contributed by atoms with E-state index in [0.717, 1.165) is 30.1 Å². The van der Waals surface area contributed by atoms with E-state index in [4.69, 9.17) is 12.2 Å². The smallest absolute Gasteiger partial charge is 0.159 e. The first kappa shape index (κ1) is 11.0. The highest BCUT2D eigenvalue weighted by molar-refractivity contribution is 7.71. The van der Waals surface area contributed by atoms with Crippen molar-refractivity contribution in [3.8, 4) is 11.5 Å². The van der Waals surface area contributed by atoms with Gasteiger partial charge in [-0.15, -0.1) is 0 Å². The van der Waals surface area contributed by atoms with E-state index in [9.17, 15) is 0 Å². The molecule has 16 heavy (non-hydrogen) atoms. The van der Waals surface area contributed by atoms with Crippen LogP contribution >= 0.6 is 12.2 Å². The van der Waals surface area contributed by atoms with Gasteiger partial charge in [-0.25, -0.2) is 4.98 Å². The van der Waals surface area contributed by atoms with Gasteiger partial charge in [-0.1, -0.05) is 25.6 Å². The second kappa shape index (κ2) is 4.57. The molecule has 0 amide bonds. The van der Waals surface area contributed by atoms with Crippen LogP contribution in [-0.4, -0.2) is 19.7 Å². The average molecular weight is 234 g/mol. The summed E-state index contributed by atoms with van der Waals surface area (Å²) >= 11 is 5.14. The molecule has 2 aromatic rings. The van der Waals surface area contributed by atoms with Crippen molar-refractivity contribution in [2.45, 2.75) is 19.8 Å². The second-order valence-electron chi connectivity index (χ2n) is 3.72. The van der Waals surface area contributed by atoms with Crippen LogP contribution in [0.15, 0.2) is 18.3 Å². The van der Waals surface area contributed by atoms with Crippen molar-refractivity contribution in [2.24, 2.45) is 7.05 Å². The number of aromatic nitrogens is 4. The van der Waals surface area contributed by atoms with Gasteiger partial charge in [0.25, 0.3) is 0 Å². The molecule has 2 rings (SSSR count). The molecule has 0 spiro atoms. The predicted octanol–water partition coefficient (Wildman–Crippen LogP) is 2.49. The van der Waals surface area contributed by atoms with Crippen LogP contribution in [-0.2, 0) is 13.5 Å². The van der Waals surface area contributed by atoms with Gasteiger partial charge in [0, 0.05) is 18.9 Å². The number of hydrogen-bond donors (Lipinski definition) is 1. The summed E-state index contributed by atoms with van der Waals surface area (Å²) in [5.41, 5.74) is 1.94. The molecule has 0 fully saturated rings. The van der Waals surface area contributed by atoms with Crippen LogP contribution in [0.4, 0.5) is 0 Å². The van der Waals surface area contributed by atoms with E-state index in [2.05, 4.69) is 22.0 Å². The van der Waals surface area contributed by atoms with E-state index in [1.807, 2.05) is 25.4 Å². The number of nitrogens with one attached hydrogen (secondary N) is 1. The molecule has 4 nitrogen and oxygen atoms in total. The molecular formula is C11H14N4S. The van der Waals surface area contributed by atoms with Crippen molar-refractivity contribution >= 4 is 12.2 Å². The first-order valence-corrected chi connectivity index (χ1v) is 5.70. The van der Waals surface area contributed by atoms with E-state index in [-0.39, 0.29) is 0 Å². The largest absolute Gasteiger partial charge is 0.342 e. The van der Waals surface area contributed by atoms with Crippen LogP contribution < -0.4 is 0 Å². The number of aryl methyl sites for hydroxylation is 2. The molecule has 0 aliphatic heterocycles. The Bertz CT molecular complexity index is 541. The lowest BCUT2D eigenvalue weighted by molar-refractivity contribution is 0.767. The quantitative estimate of drug-likeness (QED) is 0.830.